The summed E-state index contributed by atoms with van der Waals surface area (Å²) in [7, 11) is 1.63. The van der Waals surface area contributed by atoms with Crippen molar-refractivity contribution in [3.8, 4) is 5.75 Å². The molecule has 3 aromatic rings. The van der Waals surface area contributed by atoms with Crippen molar-refractivity contribution in [3.05, 3.63) is 96.1 Å². The van der Waals surface area contributed by atoms with E-state index < -0.39 is 0 Å². The van der Waals surface area contributed by atoms with E-state index in [0.717, 1.165) is 16.8 Å². The van der Waals surface area contributed by atoms with Crippen LogP contribution >= 0.6 is 0 Å². The van der Waals surface area contributed by atoms with Gasteiger partial charge in [0, 0.05) is 0 Å². The molecule has 1 aliphatic rings. The van der Waals surface area contributed by atoms with Crippen LogP contribution in [0, 0.1) is 0 Å². The van der Waals surface area contributed by atoms with Crippen LogP contribution in [0.25, 0.3) is 0 Å². The van der Waals surface area contributed by atoms with Crippen LogP contribution in [0.2, 0.25) is 0 Å². The van der Waals surface area contributed by atoms with Crippen molar-refractivity contribution in [2.45, 2.75) is 12.0 Å². The summed E-state index contributed by atoms with van der Waals surface area (Å²) in [4.78, 5) is 14.9. The molecule has 2 atom stereocenters. The predicted molar refractivity (Wildman–Crippen MR) is 98.8 cm³/mol. The Bertz CT molecular complexity index is 877. The number of carbonyl (C=O) groups is 1. The molecule has 4 rings (SSSR count). The van der Waals surface area contributed by atoms with Crippen LogP contribution in [-0.4, -0.2) is 13.0 Å². The Labute approximate surface area is 147 Å². The molecule has 25 heavy (non-hydrogen) atoms. The molecule has 1 aliphatic heterocycles. The molecule has 1 saturated heterocycles. The normalized spacial score (nSPS) is 19.4. The Hall–Kier alpha value is -3.07. The molecule has 0 N–H and O–H groups in total. The molecule has 1 amide bonds. The van der Waals surface area contributed by atoms with Crippen LogP contribution in [0.4, 0.5) is 5.69 Å². The Morgan fingerprint density at radius 2 is 1.32 bits per heavy atom. The number of benzene rings is 3. The van der Waals surface area contributed by atoms with Gasteiger partial charge in [0.15, 0.2) is 0 Å². The Morgan fingerprint density at radius 1 is 0.760 bits per heavy atom. The zero-order valence-electron chi connectivity index (χ0n) is 14.0. The van der Waals surface area contributed by atoms with Crippen molar-refractivity contribution in [2.75, 3.05) is 12.0 Å². The lowest BCUT2D eigenvalue weighted by Gasteiger charge is -2.48. The minimum Gasteiger partial charge on any atom is -0.495 e. The molecular formula is C22H19NO2. The van der Waals surface area contributed by atoms with E-state index in [9.17, 15) is 4.79 Å². The number of carbonyl (C=O) groups excluding carboxylic acids is 1. The van der Waals surface area contributed by atoms with Crippen LogP contribution in [0.3, 0.4) is 0 Å². The van der Waals surface area contributed by atoms with Gasteiger partial charge >= 0.3 is 0 Å². The number of methoxy groups -OCH3 is 1. The third kappa shape index (κ3) is 2.58. The van der Waals surface area contributed by atoms with E-state index in [0.29, 0.717) is 5.75 Å². The summed E-state index contributed by atoms with van der Waals surface area (Å²) in [5, 5.41) is 0. The maximum Gasteiger partial charge on any atom is 0.237 e. The lowest BCUT2D eigenvalue weighted by molar-refractivity contribution is -0.126. The first-order valence-electron chi connectivity index (χ1n) is 8.37. The molecule has 0 bridgehead atoms. The highest BCUT2D eigenvalue weighted by Crippen LogP contribution is 2.50. The average molecular weight is 329 g/mol. The summed E-state index contributed by atoms with van der Waals surface area (Å²) >= 11 is 0. The highest BCUT2D eigenvalue weighted by atomic mass is 16.5. The molecule has 1 fully saturated rings. The molecule has 3 nitrogen and oxygen atoms in total. The van der Waals surface area contributed by atoms with Crippen molar-refractivity contribution in [3.63, 3.8) is 0 Å². The monoisotopic (exact) mass is 329 g/mol. The third-order valence-corrected chi connectivity index (χ3v) is 4.74. The Balaban J connectivity index is 1.81. The number of rotatable bonds is 4. The topological polar surface area (TPSA) is 29.5 Å². The number of amides is 1. The van der Waals surface area contributed by atoms with Gasteiger partial charge < -0.3 is 4.74 Å². The van der Waals surface area contributed by atoms with E-state index in [2.05, 4.69) is 12.1 Å². The minimum atomic E-state index is -0.173. The first kappa shape index (κ1) is 15.5. The number of para-hydroxylation sites is 2. The average Bonchev–Trinajstić information content (AvgIpc) is 2.68. The molecule has 0 radical (unpaired) electrons. The largest absolute Gasteiger partial charge is 0.495 e. The molecule has 3 heteroatoms. The zero-order valence-corrected chi connectivity index (χ0v) is 14.0. The van der Waals surface area contributed by atoms with Crippen molar-refractivity contribution >= 4 is 11.6 Å². The summed E-state index contributed by atoms with van der Waals surface area (Å²) in [6.07, 6.45) is 0. The van der Waals surface area contributed by atoms with Gasteiger partial charge in [-0.1, -0.05) is 72.8 Å². The smallest absolute Gasteiger partial charge is 0.237 e. The van der Waals surface area contributed by atoms with Gasteiger partial charge in [0.25, 0.3) is 0 Å². The third-order valence-electron chi connectivity index (χ3n) is 4.74. The molecule has 124 valence electrons. The number of β-lactam (4-membered cyclic amide) rings is 1. The summed E-state index contributed by atoms with van der Waals surface area (Å²) < 4.78 is 5.48. The van der Waals surface area contributed by atoms with Crippen molar-refractivity contribution in [1.29, 1.82) is 0 Å². The van der Waals surface area contributed by atoms with Gasteiger partial charge in [-0.15, -0.1) is 0 Å². The second kappa shape index (κ2) is 6.44. The fourth-order valence-electron chi connectivity index (χ4n) is 3.56. The van der Waals surface area contributed by atoms with Gasteiger partial charge in [0.05, 0.1) is 24.8 Å². The number of ether oxygens (including phenoxy) is 1. The zero-order chi connectivity index (χ0) is 17.2. The van der Waals surface area contributed by atoms with Crippen LogP contribution < -0.4 is 9.64 Å². The predicted octanol–water partition coefficient (Wildman–Crippen LogP) is 4.57. The molecule has 0 aliphatic carbocycles. The maximum atomic E-state index is 13.1. The second-order valence-electron chi connectivity index (χ2n) is 6.12. The first-order chi connectivity index (χ1) is 12.3. The highest BCUT2D eigenvalue weighted by Gasteiger charge is 2.50. The molecule has 0 unspecified atom stereocenters. The minimum absolute atomic E-state index is 0.0348. The van der Waals surface area contributed by atoms with Gasteiger partial charge in [0.2, 0.25) is 5.91 Å². The SMILES string of the molecule is COc1ccccc1N1C(=O)[C@H](c2ccccc2)[C@H]1c1ccccc1. The number of hydrogen-bond acceptors (Lipinski definition) is 2. The molecule has 0 aromatic heterocycles. The van der Waals surface area contributed by atoms with Crippen LogP contribution in [0.1, 0.15) is 23.1 Å². The van der Waals surface area contributed by atoms with Gasteiger partial charge in [-0.25, -0.2) is 0 Å². The highest BCUT2D eigenvalue weighted by molar-refractivity contribution is 6.07. The summed E-state index contributed by atoms with van der Waals surface area (Å²) in [5.74, 6) is 0.640. The fraction of sp³-hybridized carbons (Fsp3) is 0.136. The standard InChI is InChI=1S/C22H19NO2/c1-25-19-15-9-8-14-18(19)23-21(17-12-6-3-7-13-17)20(22(23)24)16-10-4-2-5-11-16/h2-15,20-21H,1H3/t20-,21-/m1/s1. The summed E-state index contributed by atoms with van der Waals surface area (Å²) in [5.41, 5.74) is 2.99. The molecular weight excluding hydrogens is 310 g/mol. The lowest BCUT2D eigenvalue weighted by Crippen LogP contribution is -2.53. The van der Waals surface area contributed by atoms with Crippen molar-refractivity contribution in [2.24, 2.45) is 0 Å². The van der Waals surface area contributed by atoms with Gasteiger partial charge in [-0.05, 0) is 23.3 Å². The fourth-order valence-corrected chi connectivity index (χ4v) is 3.56. The summed E-state index contributed by atoms with van der Waals surface area (Å²) in [6.45, 7) is 0. The van der Waals surface area contributed by atoms with Crippen LogP contribution in [0.5, 0.6) is 5.75 Å². The van der Waals surface area contributed by atoms with E-state index in [1.165, 1.54) is 0 Å². The van der Waals surface area contributed by atoms with E-state index >= 15 is 0 Å². The van der Waals surface area contributed by atoms with E-state index in [1.807, 2.05) is 77.7 Å². The van der Waals surface area contributed by atoms with Gasteiger partial charge in [-0.2, -0.15) is 0 Å². The maximum absolute atomic E-state index is 13.1. The molecule has 1 heterocycles. The Kier molecular flexibility index (Phi) is 3.98. The number of anilines is 1. The van der Waals surface area contributed by atoms with E-state index in [-0.39, 0.29) is 17.9 Å². The van der Waals surface area contributed by atoms with E-state index in [1.54, 1.807) is 7.11 Å². The van der Waals surface area contributed by atoms with Gasteiger partial charge in [-0.3, -0.25) is 9.69 Å². The quantitative estimate of drug-likeness (QED) is 0.656. The Morgan fingerprint density at radius 3 is 1.96 bits per heavy atom. The van der Waals surface area contributed by atoms with E-state index in [4.69, 9.17) is 4.74 Å². The molecule has 0 spiro atoms. The first-order valence-corrected chi connectivity index (χ1v) is 8.37. The molecule has 0 saturated carbocycles. The van der Waals surface area contributed by atoms with Crippen LogP contribution in [-0.2, 0) is 4.79 Å². The number of hydrogen-bond donors (Lipinski definition) is 0. The van der Waals surface area contributed by atoms with Crippen molar-refractivity contribution < 1.29 is 9.53 Å². The summed E-state index contributed by atoms with van der Waals surface area (Å²) in [6, 6.07) is 27.8. The van der Waals surface area contributed by atoms with Gasteiger partial charge in [0.1, 0.15) is 5.75 Å². The number of nitrogens with zero attached hydrogens (tertiary/aromatic N) is 1. The molecule has 3 aromatic carbocycles. The van der Waals surface area contributed by atoms with Crippen molar-refractivity contribution in [1.82, 2.24) is 0 Å². The lowest BCUT2D eigenvalue weighted by atomic mass is 9.77. The second-order valence-corrected chi connectivity index (χ2v) is 6.12. The van der Waals surface area contributed by atoms with Crippen LogP contribution in [0.15, 0.2) is 84.9 Å².